The van der Waals surface area contributed by atoms with Crippen molar-refractivity contribution in [3.05, 3.63) is 47.5 Å². The number of alkyl halides is 4. The van der Waals surface area contributed by atoms with E-state index >= 15 is 4.39 Å². The van der Waals surface area contributed by atoms with Crippen LogP contribution in [0, 0.1) is 5.82 Å². The van der Waals surface area contributed by atoms with Gasteiger partial charge < -0.3 is 24.8 Å². The predicted octanol–water partition coefficient (Wildman–Crippen LogP) is 5.04. The number of anilines is 2. The van der Waals surface area contributed by atoms with Crippen molar-refractivity contribution in [2.75, 3.05) is 50.5 Å². The van der Waals surface area contributed by atoms with Crippen LogP contribution in [-0.2, 0) is 11.0 Å². The van der Waals surface area contributed by atoms with Crippen molar-refractivity contribution in [2.24, 2.45) is 0 Å². The molecule has 3 aliphatic heterocycles. The number of carbonyl (C=O) groups is 1. The molecule has 0 spiro atoms. The zero-order chi connectivity index (χ0) is 36.9. The number of amides is 1. The van der Waals surface area contributed by atoms with Crippen LogP contribution in [0.25, 0.3) is 28.4 Å². The minimum atomic E-state index is -4.88. The van der Waals surface area contributed by atoms with Crippen LogP contribution in [0.2, 0.25) is 0 Å². The van der Waals surface area contributed by atoms with Crippen LogP contribution in [-0.4, -0.2) is 103 Å². The minimum absolute atomic E-state index is 0.0351. The number of pyridine rings is 2. The number of aromatic nitrogens is 6. The van der Waals surface area contributed by atoms with E-state index in [1.165, 1.54) is 18.3 Å². The Bertz CT molecular complexity index is 2020. The zero-order valence-electron chi connectivity index (χ0n) is 28.7. The maximum absolute atomic E-state index is 16.5. The third-order valence-electron chi connectivity index (χ3n) is 10.0. The van der Waals surface area contributed by atoms with Gasteiger partial charge in [0.05, 0.1) is 16.5 Å². The summed E-state index contributed by atoms with van der Waals surface area (Å²) in [4.78, 5) is 39.6. The van der Waals surface area contributed by atoms with E-state index in [2.05, 4.69) is 30.1 Å². The molecule has 3 aliphatic rings. The summed E-state index contributed by atoms with van der Waals surface area (Å²) in [7, 11) is 1.71. The highest BCUT2D eigenvalue weighted by Crippen LogP contribution is 2.42. The molecule has 276 valence electrons. The van der Waals surface area contributed by atoms with Gasteiger partial charge in [-0.15, -0.1) is 0 Å². The number of likely N-dealkylation sites (N-methyl/N-ethyl adjacent to an activating group) is 1. The van der Waals surface area contributed by atoms with Crippen LogP contribution in [0.4, 0.5) is 33.6 Å². The van der Waals surface area contributed by atoms with Gasteiger partial charge in [-0.05, 0) is 37.9 Å². The Morgan fingerprint density at radius 2 is 1.98 bits per heavy atom. The summed E-state index contributed by atoms with van der Waals surface area (Å²) < 4.78 is 84.3. The average molecular weight is 729 g/mol. The normalized spacial score (nSPS) is 22.3. The second-order valence-corrected chi connectivity index (χ2v) is 13.8. The highest BCUT2D eigenvalue weighted by atomic mass is 19.4. The van der Waals surface area contributed by atoms with Gasteiger partial charge in [-0.3, -0.25) is 14.7 Å². The minimum Gasteiger partial charge on any atom is -0.461 e. The molecule has 4 aromatic heterocycles. The second-order valence-electron chi connectivity index (χ2n) is 13.8. The molecule has 0 radical (unpaired) electrons. The first-order valence-corrected chi connectivity index (χ1v) is 17.0. The van der Waals surface area contributed by atoms with Gasteiger partial charge in [0.15, 0.2) is 11.6 Å². The van der Waals surface area contributed by atoms with Gasteiger partial charge in [-0.1, -0.05) is 19.0 Å². The maximum Gasteiger partial charge on any atom is 0.418 e. The van der Waals surface area contributed by atoms with Gasteiger partial charge in [0.25, 0.3) is 5.89 Å². The van der Waals surface area contributed by atoms with Crippen LogP contribution in [0.5, 0.6) is 6.01 Å². The molecule has 7 rings (SSSR count). The Morgan fingerprint density at radius 3 is 2.73 bits per heavy atom. The highest BCUT2D eigenvalue weighted by molar-refractivity contribution is 5.93. The Balaban J connectivity index is 1.21. The van der Waals surface area contributed by atoms with Gasteiger partial charge in [-0.25, -0.2) is 13.8 Å². The average Bonchev–Trinajstić information content (AvgIpc) is 3.90. The largest absolute Gasteiger partial charge is 0.461 e. The number of hydrogen-bond donors (Lipinski definition) is 1. The van der Waals surface area contributed by atoms with Gasteiger partial charge in [0.1, 0.15) is 41.3 Å². The van der Waals surface area contributed by atoms with E-state index < -0.39 is 40.7 Å². The number of carbonyl (C=O) groups excluding carboxylic acids is 1. The molecule has 0 unspecified atom stereocenters. The highest BCUT2D eigenvalue weighted by Gasteiger charge is 2.49. The topological polar surface area (TPSA) is 153 Å². The van der Waals surface area contributed by atoms with E-state index in [4.69, 9.17) is 15.0 Å². The first-order valence-electron chi connectivity index (χ1n) is 17.0. The molecule has 7 heterocycles. The lowest BCUT2D eigenvalue weighted by atomic mass is 9.95. The summed E-state index contributed by atoms with van der Waals surface area (Å²) in [6.45, 7) is 5.55. The molecule has 52 heavy (non-hydrogen) atoms. The summed E-state index contributed by atoms with van der Waals surface area (Å²) in [5.74, 6) is -0.748. The quantitative estimate of drug-likeness (QED) is 0.182. The molecule has 0 saturated carbocycles. The monoisotopic (exact) mass is 728 g/mol. The maximum atomic E-state index is 16.5. The summed E-state index contributed by atoms with van der Waals surface area (Å²) in [5, 5.41) is 3.99. The fourth-order valence-corrected chi connectivity index (χ4v) is 7.28. The fourth-order valence-electron chi connectivity index (χ4n) is 7.28. The number of hydrogen-bond acceptors (Lipinski definition) is 12. The fraction of sp³-hybridized carbons (Fsp3) is 0.500. The smallest absolute Gasteiger partial charge is 0.418 e. The van der Waals surface area contributed by atoms with Gasteiger partial charge in [0, 0.05) is 63.4 Å². The number of likely N-dealkylation sites (tertiary alicyclic amines) is 1. The molecule has 18 heteroatoms. The van der Waals surface area contributed by atoms with Crippen molar-refractivity contribution in [2.45, 2.75) is 69.4 Å². The van der Waals surface area contributed by atoms with Gasteiger partial charge >= 0.3 is 12.2 Å². The third kappa shape index (κ3) is 6.70. The van der Waals surface area contributed by atoms with Crippen LogP contribution < -0.4 is 15.4 Å². The van der Waals surface area contributed by atoms with Crippen molar-refractivity contribution in [3.8, 4) is 17.4 Å². The Kier molecular flexibility index (Phi) is 9.21. The lowest BCUT2D eigenvalue weighted by Gasteiger charge is -2.31. The Hall–Kier alpha value is -5.00. The summed E-state index contributed by atoms with van der Waals surface area (Å²) >= 11 is 0. The van der Waals surface area contributed by atoms with Crippen molar-refractivity contribution in [1.29, 1.82) is 0 Å². The number of fused-ring (bicyclic) bond motifs is 2. The SMILES string of the molecule is CC(C)c1noc(/C=C/C(=O)N2CC[C@@H](N(C)c3nc(OC[C@@]45CCCN4C[C@H](F)C5)nc4c(F)c(-c5nc(N)ccc5C(F)(F)F)ncc34)C2)n1. The molecule has 3 saturated heterocycles. The van der Waals surface area contributed by atoms with Crippen LogP contribution in [0.3, 0.4) is 0 Å². The van der Waals surface area contributed by atoms with Crippen LogP contribution in [0.1, 0.15) is 62.7 Å². The lowest BCUT2D eigenvalue weighted by molar-refractivity contribution is -0.137. The summed E-state index contributed by atoms with van der Waals surface area (Å²) in [6, 6.07) is 1.15. The molecule has 13 nitrogen and oxygen atoms in total. The zero-order valence-corrected chi connectivity index (χ0v) is 28.7. The third-order valence-corrected chi connectivity index (χ3v) is 10.0. The van der Waals surface area contributed by atoms with E-state index in [1.54, 1.807) is 16.8 Å². The van der Waals surface area contributed by atoms with Crippen molar-refractivity contribution < 1.29 is 36.0 Å². The molecule has 0 bridgehead atoms. The predicted molar refractivity (Wildman–Crippen MR) is 179 cm³/mol. The van der Waals surface area contributed by atoms with Gasteiger partial charge in [-0.2, -0.15) is 28.1 Å². The lowest BCUT2D eigenvalue weighted by Crippen LogP contribution is -2.43. The molecule has 3 atom stereocenters. The molecule has 0 aromatic carbocycles. The van der Waals surface area contributed by atoms with Crippen LogP contribution in [0.15, 0.2) is 28.9 Å². The Labute approximate surface area is 295 Å². The summed E-state index contributed by atoms with van der Waals surface area (Å²) in [5.41, 5.74) is 2.09. The molecule has 4 aromatic rings. The first kappa shape index (κ1) is 35.4. The molecule has 0 aliphatic carbocycles. The van der Waals surface area contributed by atoms with E-state index in [0.29, 0.717) is 31.8 Å². The number of ether oxygens (including phenoxy) is 1. The Morgan fingerprint density at radius 1 is 1.17 bits per heavy atom. The van der Waals surface area contributed by atoms with Crippen molar-refractivity contribution >= 4 is 34.5 Å². The van der Waals surface area contributed by atoms with E-state index in [1.807, 2.05) is 18.7 Å². The molecule has 2 N–H and O–H groups in total. The number of nitrogens with zero attached hydrogens (tertiary/aromatic N) is 9. The summed E-state index contributed by atoms with van der Waals surface area (Å²) in [6.07, 6.45) is 0.433. The number of nitrogens with two attached hydrogens (primary N) is 1. The number of halogens is 5. The van der Waals surface area contributed by atoms with Crippen molar-refractivity contribution in [3.63, 3.8) is 0 Å². The molecule has 1 amide bonds. The van der Waals surface area contributed by atoms with E-state index in [9.17, 15) is 22.4 Å². The van der Waals surface area contributed by atoms with Crippen LogP contribution >= 0.6 is 0 Å². The van der Waals surface area contributed by atoms with Gasteiger partial charge in [0.2, 0.25) is 5.91 Å². The van der Waals surface area contributed by atoms with Crippen molar-refractivity contribution in [1.82, 2.24) is 39.9 Å². The second kappa shape index (κ2) is 13.5. The number of rotatable bonds is 9. The molecular formula is C34H37F5N10O3. The first-order chi connectivity index (χ1) is 24.7. The standard InChI is InChI=1S/C34H37F5N10O3/c1-18(2)30-43-24(52-46-30)7-8-25(50)48-12-9-20(16-48)47(3)31-21-14-41-29(28-22(34(37,38)39)5-6-23(40)42-28)26(36)27(21)44-32(45-31)51-17-33-10-4-11-49(33)15-19(35)13-33/h5-8,14,18-20H,4,9-13,15-17H2,1-3H3,(H2,40,42)/b8-7+/t19-,20-,33+/m1/s1. The van der Waals surface area contributed by atoms with E-state index in [-0.39, 0.29) is 78.4 Å². The van der Waals surface area contributed by atoms with E-state index in [0.717, 1.165) is 18.6 Å². The number of nitrogen functional groups attached to an aromatic ring is 1. The molecule has 3 fully saturated rings. The molecular weight excluding hydrogens is 691 g/mol.